The molecule has 0 unspecified atom stereocenters. The van der Waals surface area contributed by atoms with Gasteiger partial charge in [-0.1, -0.05) is 13.3 Å². The monoisotopic (exact) mass is 280 g/mol. The summed E-state index contributed by atoms with van der Waals surface area (Å²) in [6.45, 7) is 1.75. The number of amides is 2. The van der Waals surface area contributed by atoms with Gasteiger partial charge in [0.25, 0.3) is 0 Å². The SMILES string of the molecule is CCCC(NC(=O)CS)(NC(=O)CS)C(=O)O. The van der Waals surface area contributed by atoms with Crippen LogP contribution in [0.15, 0.2) is 0 Å². The molecule has 17 heavy (non-hydrogen) atoms. The molecule has 0 fully saturated rings. The molecule has 0 aliphatic rings. The molecule has 98 valence electrons. The third-order valence-corrected chi connectivity index (χ3v) is 2.56. The lowest BCUT2D eigenvalue weighted by atomic mass is 10.0. The molecule has 0 aromatic heterocycles. The van der Waals surface area contributed by atoms with Gasteiger partial charge in [-0.3, -0.25) is 9.59 Å². The Morgan fingerprint density at radius 2 is 1.53 bits per heavy atom. The summed E-state index contributed by atoms with van der Waals surface area (Å²) < 4.78 is 0. The molecule has 0 heterocycles. The fourth-order valence-electron chi connectivity index (χ4n) is 1.30. The summed E-state index contributed by atoms with van der Waals surface area (Å²) in [7, 11) is 0. The van der Waals surface area contributed by atoms with E-state index in [4.69, 9.17) is 5.11 Å². The van der Waals surface area contributed by atoms with Crippen LogP contribution in [0.4, 0.5) is 0 Å². The van der Waals surface area contributed by atoms with Crippen molar-refractivity contribution < 1.29 is 19.5 Å². The van der Waals surface area contributed by atoms with Crippen LogP contribution in [0, 0.1) is 0 Å². The Labute approximate surface area is 110 Å². The van der Waals surface area contributed by atoms with Gasteiger partial charge in [-0.15, -0.1) is 0 Å². The number of aliphatic carboxylic acids is 1. The molecule has 0 saturated heterocycles. The number of carboxylic acids is 1. The summed E-state index contributed by atoms with van der Waals surface area (Å²) in [5.74, 6) is -2.76. The Bertz CT molecular complexity index is 291. The molecule has 0 aromatic rings. The average molecular weight is 280 g/mol. The zero-order chi connectivity index (χ0) is 13.5. The first-order valence-electron chi connectivity index (χ1n) is 4.99. The van der Waals surface area contributed by atoms with E-state index in [1.54, 1.807) is 6.92 Å². The van der Waals surface area contributed by atoms with Crippen molar-refractivity contribution in [2.75, 3.05) is 11.5 Å². The molecule has 0 bridgehead atoms. The zero-order valence-corrected chi connectivity index (χ0v) is 11.2. The van der Waals surface area contributed by atoms with Crippen LogP contribution in [-0.4, -0.2) is 40.1 Å². The van der Waals surface area contributed by atoms with Gasteiger partial charge in [-0.05, 0) is 0 Å². The van der Waals surface area contributed by atoms with Crippen LogP contribution in [0.25, 0.3) is 0 Å². The van der Waals surface area contributed by atoms with Gasteiger partial charge in [0.15, 0.2) is 0 Å². The maximum atomic E-state index is 11.3. The summed E-state index contributed by atoms with van der Waals surface area (Å²) in [6, 6.07) is 0. The first-order valence-corrected chi connectivity index (χ1v) is 6.25. The van der Waals surface area contributed by atoms with E-state index in [1.807, 2.05) is 0 Å². The van der Waals surface area contributed by atoms with Crippen molar-refractivity contribution >= 4 is 43.0 Å². The van der Waals surface area contributed by atoms with Gasteiger partial charge in [-0.2, -0.15) is 25.3 Å². The van der Waals surface area contributed by atoms with Gasteiger partial charge in [0, 0.05) is 6.42 Å². The molecular weight excluding hydrogens is 264 g/mol. The van der Waals surface area contributed by atoms with Gasteiger partial charge >= 0.3 is 5.97 Å². The Balaban J connectivity index is 5.04. The summed E-state index contributed by atoms with van der Waals surface area (Å²) in [5.41, 5.74) is -1.78. The standard InChI is InChI=1S/C9H16N2O4S2/c1-2-3-9(8(14)15,10-6(12)4-16)11-7(13)5-17/h16-17H,2-5H2,1H3,(H,10,12)(H,11,13)(H,14,15). The van der Waals surface area contributed by atoms with Gasteiger partial charge in [0.1, 0.15) is 0 Å². The molecule has 0 radical (unpaired) electrons. The van der Waals surface area contributed by atoms with Gasteiger partial charge in [0.2, 0.25) is 17.5 Å². The normalized spacial score (nSPS) is 10.8. The van der Waals surface area contributed by atoms with Gasteiger partial charge < -0.3 is 15.7 Å². The van der Waals surface area contributed by atoms with Crippen LogP contribution in [0.1, 0.15) is 19.8 Å². The molecule has 6 nitrogen and oxygen atoms in total. The number of carbonyl (C=O) groups excluding carboxylic acids is 2. The van der Waals surface area contributed by atoms with Crippen molar-refractivity contribution in [2.24, 2.45) is 0 Å². The molecule has 2 amide bonds. The van der Waals surface area contributed by atoms with E-state index < -0.39 is 23.4 Å². The highest BCUT2D eigenvalue weighted by atomic mass is 32.1. The molecule has 8 heteroatoms. The van der Waals surface area contributed by atoms with Crippen LogP contribution in [0.3, 0.4) is 0 Å². The van der Waals surface area contributed by atoms with E-state index in [0.29, 0.717) is 6.42 Å². The first kappa shape index (κ1) is 16.1. The van der Waals surface area contributed by atoms with Crippen LogP contribution in [0.5, 0.6) is 0 Å². The van der Waals surface area contributed by atoms with Gasteiger partial charge in [0.05, 0.1) is 11.5 Å². The minimum atomic E-state index is -1.78. The topological polar surface area (TPSA) is 95.5 Å². The van der Waals surface area contributed by atoms with E-state index >= 15 is 0 Å². The number of nitrogens with one attached hydrogen (secondary N) is 2. The van der Waals surface area contributed by atoms with Crippen molar-refractivity contribution in [1.29, 1.82) is 0 Å². The minimum absolute atomic E-state index is 0.0847. The number of carbonyl (C=O) groups is 3. The van der Waals surface area contributed by atoms with E-state index in [0.717, 1.165) is 0 Å². The fraction of sp³-hybridized carbons (Fsp3) is 0.667. The van der Waals surface area contributed by atoms with E-state index in [2.05, 4.69) is 35.9 Å². The summed E-state index contributed by atoms with van der Waals surface area (Å²) in [5, 5.41) is 13.7. The average Bonchev–Trinajstić information content (AvgIpc) is 2.28. The lowest BCUT2D eigenvalue weighted by Crippen LogP contribution is -2.66. The second-order valence-electron chi connectivity index (χ2n) is 3.37. The highest BCUT2D eigenvalue weighted by Crippen LogP contribution is 2.10. The molecular formula is C9H16N2O4S2. The van der Waals surface area contributed by atoms with Crippen LogP contribution < -0.4 is 10.6 Å². The number of thiol groups is 2. The molecule has 0 aromatic carbocycles. The number of carboxylic acid groups (broad SMARTS) is 1. The Kier molecular flexibility index (Phi) is 7.05. The fourth-order valence-corrected chi connectivity index (χ4v) is 1.46. The van der Waals surface area contributed by atoms with Crippen LogP contribution in [0.2, 0.25) is 0 Å². The maximum Gasteiger partial charge on any atom is 0.350 e. The first-order chi connectivity index (χ1) is 7.91. The van der Waals surface area contributed by atoms with Crippen molar-refractivity contribution in [2.45, 2.75) is 25.4 Å². The predicted molar refractivity (Wildman–Crippen MR) is 69.3 cm³/mol. The number of hydrogen-bond donors (Lipinski definition) is 5. The van der Waals surface area contributed by atoms with E-state index in [9.17, 15) is 14.4 Å². The highest BCUT2D eigenvalue weighted by molar-refractivity contribution is 7.81. The van der Waals surface area contributed by atoms with Crippen LogP contribution in [-0.2, 0) is 14.4 Å². The molecule has 0 aliphatic heterocycles. The third-order valence-electron chi connectivity index (χ3n) is 1.98. The van der Waals surface area contributed by atoms with Crippen LogP contribution >= 0.6 is 25.3 Å². The van der Waals surface area contributed by atoms with Crippen molar-refractivity contribution in [3.63, 3.8) is 0 Å². The van der Waals surface area contributed by atoms with Crippen molar-refractivity contribution in [3.8, 4) is 0 Å². The zero-order valence-electron chi connectivity index (χ0n) is 9.39. The Morgan fingerprint density at radius 1 is 1.12 bits per heavy atom. The molecule has 0 saturated carbocycles. The molecule has 0 aliphatic carbocycles. The Morgan fingerprint density at radius 3 is 1.76 bits per heavy atom. The quantitative estimate of drug-likeness (QED) is 0.326. The second kappa shape index (κ2) is 7.44. The summed E-state index contributed by atoms with van der Waals surface area (Å²) >= 11 is 7.49. The number of hydrogen-bond acceptors (Lipinski definition) is 5. The largest absolute Gasteiger partial charge is 0.478 e. The lowest BCUT2D eigenvalue weighted by Gasteiger charge is -2.30. The second-order valence-corrected chi connectivity index (χ2v) is 4.01. The van der Waals surface area contributed by atoms with E-state index in [-0.39, 0.29) is 17.9 Å². The maximum absolute atomic E-state index is 11.3. The minimum Gasteiger partial charge on any atom is -0.478 e. The lowest BCUT2D eigenvalue weighted by molar-refractivity contribution is -0.151. The van der Waals surface area contributed by atoms with Crippen molar-refractivity contribution in [3.05, 3.63) is 0 Å². The third kappa shape index (κ3) is 4.86. The summed E-state index contributed by atoms with van der Waals surface area (Å²) in [4.78, 5) is 33.7. The number of rotatable bonds is 7. The predicted octanol–water partition coefficient (Wildman–Crippen LogP) is -0.341. The van der Waals surface area contributed by atoms with Gasteiger partial charge in [-0.25, -0.2) is 4.79 Å². The summed E-state index contributed by atoms with van der Waals surface area (Å²) in [6.07, 6.45) is 0.563. The molecule has 0 rings (SSSR count). The molecule has 3 N–H and O–H groups in total. The van der Waals surface area contributed by atoms with E-state index in [1.165, 1.54) is 0 Å². The molecule has 0 spiro atoms. The smallest absolute Gasteiger partial charge is 0.350 e. The Hall–Kier alpha value is -0.890. The van der Waals surface area contributed by atoms with Crippen molar-refractivity contribution in [1.82, 2.24) is 10.6 Å². The molecule has 0 atom stereocenters. The highest BCUT2D eigenvalue weighted by Gasteiger charge is 2.40.